The van der Waals surface area contributed by atoms with Gasteiger partial charge in [-0.1, -0.05) is 28.1 Å². The number of anilines is 1. The van der Waals surface area contributed by atoms with E-state index in [0.29, 0.717) is 23.3 Å². The molecule has 0 aliphatic carbocycles. The predicted molar refractivity (Wildman–Crippen MR) is 96.1 cm³/mol. The van der Waals surface area contributed by atoms with Gasteiger partial charge in [0.05, 0.1) is 23.4 Å². The van der Waals surface area contributed by atoms with Crippen LogP contribution in [0, 0.1) is 0 Å². The van der Waals surface area contributed by atoms with Gasteiger partial charge in [-0.2, -0.15) is 0 Å². The minimum atomic E-state index is -0.518. The zero-order valence-electron chi connectivity index (χ0n) is 13.5. The van der Waals surface area contributed by atoms with Crippen molar-refractivity contribution in [2.45, 2.75) is 6.92 Å². The number of amides is 1. The van der Waals surface area contributed by atoms with Crippen molar-refractivity contribution in [1.82, 2.24) is 0 Å². The van der Waals surface area contributed by atoms with Crippen molar-refractivity contribution in [3.63, 3.8) is 0 Å². The van der Waals surface area contributed by atoms with Crippen molar-refractivity contribution in [3.05, 3.63) is 58.1 Å². The molecule has 0 spiro atoms. The summed E-state index contributed by atoms with van der Waals surface area (Å²) < 4.78 is 11.1. The topological polar surface area (TPSA) is 81.7 Å². The van der Waals surface area contributed by atoms with Gasteiger partial charge in [-0.3, -0.25) is 9.59 Å². The van der Waals surface area contributed by atoms with Crippen LogP contribution in [-0.4, -0.2) is 31.4 Å². The number of hydrogen-bond donors (Lipinski definition) is 1. The largest absolute Gasteiger partial charge is 0.483 e. The number of hydrogen-bond acceptors (Lipinski definition) is 5. The summed E-state index contributed by atoms with van der Waals surface area (Å²) in [6.07, 6.45) is 0.647. The second-order valence-corrected chi connectivity index (χ2v) is 5.82. The van der Waals surface area contributed by atoms with Crippen molar-refractivity contribution >= 4 is 39.8 Å². The molecule has 1 N–H and O–H groups in total. The summed E-state index contributed by atoms with van der Waals surface area (Å²) >= 11 is 3.26. The van der Waals surface area contributed by atoms with E-state index in [1.54, 1.807) is 49.4 Å². The van der Waals surface area contributed by atoms with E-state index in [0.717, 1.165) is 4.47 Å². The summed E-state index contributed by atoms with van der Waals surface area (Å²) in [6, 6.07) is 11.4. The van der Waals surface area contributed by atoms with Gasteiger partial charge in [0.1, 0.15) is 5.75 Å². The highest BCUT2D eigenvalue weighted by Gasteiger charge is 2.14. The maximum atomic E-state index is 12.1. The van der Waals surface area contributed by atoms with E-state index >= 15 is 0 Å². The Balaban J connectivity index is 2.04. The molecule has 0 saturated heterocycles. The highest BCUT2D eigenvalue weighted by Crippen LogP contribution is 2.22. The molecule has 0 aliphatic heterocycles. The Hall–Kier alpha value is -2.67. The van der Waals surface area contributed by atoms with Gasteiger partial charge in [-0.15, -0.1) is 0 Å². The molecule has 6 nitrogen and oxygen atoms in total. The highest BCUT2D eigenvalue weighted by molar-refractivity contribution is 9.10. The van der Waals surface area contributed by atoms with E-state index in [2.05, 4.69) is 21.2 Å². The van der Waals surface area contributed by atoms with E-state index in [1.165, 1.54) is 0 Å². The molecule has 2 rings (SSSR count). The fraction of sp³-hybridized carbons (Fsp3) is 0.167. The molecule has 0 aliphatic rings. The number of rotatable bonds is 7. The van der Waals surface area contributed by atoms with Crippen LogP contribution in [0.1, 0.15) is 27.6 Å². The molecular weight excluding hydrogens is 390 g/mol. The molecule has 0 radical (unpaired) electrons. The van der Waals surface area contributed by atoms with Crippen LogP contribution in [0.25, 0.3) is 0 Å². The fourth-order valence-corrected chi connectivity index (χ4v) is 2.43. The molecule has 130 valence electrons. The number of carbonyl (C=O) groups excluding carboxylic acids is 3. The van der Waals surface area contributed by atoms with Gasteiger partial charge in [-0.05, 0) is 37.3 Å². The predicted octanol–water partition coefficient (Wildman–Crippen LogP) is 3.46. The Bertz CT molecular complexity index is 791. The Morgan fingerprint density at radius 2 is 1.96 bits per heavy atom. The van der Waals surface area contributed by atoms with E-state index < -0.39 is 11.9 Å². The van der Waals surface area contributed by atoms with Gasteiger partial charge in [-0.25, -0.2) is 4.79 Å². The maximum absolute atomic E-state index is 12.1. The molecule has 0 unspecified atom stereocenters. The molecule has 0 saturated carbocycles. The monoisotopic (exact) mass is 405 g/mol. The van der Waals surface area contributed by atoms with Crippen molar-refractivity contribution in [3.8, 4) is 5.75 Å². The number of halogens is 1. The lowest BCUT2D eigenvalue weighted by Crippen LogP contribution is -2.22. The van der Waals surface area contributed by atoms with Crippen LogP contribution in [0.3, 0.4) is 0 Å². The van der Waals surface area contributed by atoms with Gasteiger partial charge in [0.2, 0.25) is 0 Å². The molecule has 0 heterocycles. The van der Waals surface area contributed by atoms with E-state index in [4.69, 9.17) is 9.47 Å². The summed E-state index contributed by atoms with van der Waals surface area (Å²) in [4.78, 5) is 35.0. The van der Waals surface area contributed by atoms with E-state index in [1.807, 2.05) is 0 Å². The zero-order chi connectivity index (χ0) is 18.2. The molecule has 0 aromatic heterocycles. The number of ether oxygens (including phenoxy) is 2. The van der Waals surface area contributed by atoms with Crippen molar-refractivity contribution in [1.29, 1.82) is 0 Å². The number of benzene rings is 2. The number of carbonyl (C=O) groups is 3. The van der Waals surface area contributed by atoms with E-state index in [9.17, 15) is 14.4 Å². The summed E-state index contributed by atoms with van der Waals surface area (Å²) in [7, 11) is 0. The first-order chi connectivity index (χ1) is 12.0. The standard InChI is InChI=1S/C18H16BrNO5/c1-2-24-18(23)14-5-3-4-6-15(14)20-17(22)11-25-16-8-7-13(19)9-12(16)10-21/h3-10H,2,11H2,1H3,(H,20,22). The van der Waals surface area contributed by atoms with Gasteiger partial charge >= 0.3 is 5.97 Å². The average Bonchev–Trinajstić information content (AvgIpc) is 2.61. The molecular formula is C18H16BrNO5. The van der Waals surface area contributed by atoms with Crippen LogP contribution < -0.4 is 10.1 Å². The van der Waals surface area contributed by atoms with Crippen LogP contribution in [-0.2, 0) is 9.53 Å². The third-order valence-corrected chi connectivity index (χ3v) is 3.65. The number of para-hydroxylation sites is 1. The Morgan fingerprint density at radius 1 is 1.20 bits per heavy atom. The molecule has 1 amide bonds. The first-order valence-electron chi connectivity index (χ1n) is 7.48. The molecule has 25 heavy (non-hydrogen) atoms. The normalized spacial score (nSPS) is 10.0. The van der Waals surface area contributed by atoms with Crippen molar-refractivity contribution in [2.75, 3.05) is 18.5 Å². The second-order valence-electron chi connectivity index (χ2n) is 4.90. The maximum Gasteiger partial charge on any atom is 0.340 e. The fourth-order valence-electron chi connectivity index (χ4n) is 2.05. The minimum absolute atomic E-state index is 0.238. The number of aldehydes is 1. The SMILES string of the molecule is CCOC(=O)c1ccccc1NC(=O)COc1ccc(Br)cc1C=O. The molecule has 0 atom stereocenters. The van der Waals surface area contributed by atoms with Crippen LogP contribution in [0.2, 0.25) is 0 Å². The molecule has 0 fully saturated rings. The van der Waals surface area contributed by atoms with Gasteiger partial charge < -0.3 is 14.8 Å². The lowest BCUT2D eigenvalue weighted by atomic mass is 10.2. The quantitative estimate of drug-likeness (QED) is 0.563. The van der Waals surface area contributed by atoms with Crippen LogP contribution >= 0.6 is 15.9 Å². The highest BCUT2D eigenvalue weighted by atomic mass is 79.9. The Morgan fingerprint density at radius 3 is 2.68 bits per heavy atom. The van der Waals surface area contributed by atoms with Crippen LogP contribution in [0.5, 0.6) is 5.75 Å². The van der Waals surface area contributed by atoms with E-state index in [-0.39, 0.29) is 18.8 Å². The summed E-state index contributed by atoms with van der Waals surface area (Å²) in [5.74, 6) is -0.681. The number of esters is 1. The van der Waals surface area contributed by atoms with Crippen LogP contribution in [0.4, 0.5) is 5.69 Å². The Labute approximate surface area is 153 Å². The molecule has 2 aromatic carbocycles. The molecule has 7 heteroatoms. The third-order valence-electron chi connectivity index (χ3n) is 3.15. The zero-order valence-corrected chi connectivity index (χ0v) is 15.0. The first kappa shape index (κ1) is 18.7. The van der Waals surface area contributed by atoms with Gasteiger partial charge in [0.25, 0.3) is 5.91 Å². The summed E-state index contributed by atoms with van der Waals surface area (Å²) in [5.41, 5.74) is 0.921. The second kappa shape index (κ2) is 8.98. The minimum Gasteiger partial charge on any atom is -0.483 e. The Kier molecular flexibility index (Phi) is 6.71. The summed E-state index contributed by atoms with van der Waals surface area (Å²) in [6.45, 7) is 1.64. The van der Waals surface area contributed by atoms with Crippen molar-refractivity contribution < 1.29 is 23.9 Å². The smallest absolute Gasteiger partial charge is 0.340 e. The van der Waals surface area contributed by atoms with Gasteiger partial charge in [0.15, 0.2) is 12.9 Å². The van der Waals surface area contributed by atoms with Gasteiger partial charge in [0, 0.05) is 4.47 Å². The molecule has 2 aromatic rings. The molecule has 0 bridgehead atoms. The lowest BCUT2D eigenvalue weighted by Gasteiger charge is -2.12. The van der Waals surface area contributed by atoms with Crippen LogP contribution in [0.15, 0.2) is 46.9 Å². The third kappa shape index (κ3) is 5.15. The number of nitrogens with one attached hydrogen (secondary N) is 1. The van der Waals surface area contributed by atoms with Crippen molar-refractivity contribution in [2.24, 2.45) is 0 Å². The average molecular weight is 406 g/mol. The summed E-state index contributed by atoms with van der Waals surface area (Å²) in [5, 5.41) is 2.61. The first-order valence-corrected chi connectivity index (χ1v) is 8.28. The lowest BCUT2D eigenvalue weighted by molar-refractivity contribution is -0.118.